The summed E-state index contributed by atoms with van der Waals surface area (Å²) in [6.45, 7) is 3.99. The second-order valence-corrected chi connectivity index (χ2v) is 8.84. The van der Waals surface area contributed by atoms with Gasteiger partial charge in [0.05, 0.1) is 11.4 Å². The lowest BCUT2D eigenvalue weighted by atomic mass is 10.1. The number of carbonyl (C=O) groups is 2. The van der Waals surface area contributed by atoms with Crippen LogP contribution in [0.1, 0.15) is 27.0 Å². The normalized spacial score (nSPS) is 11.3. The van der Waals surface area contributed by atoms with Gasteiger partial charge in [-0.25, -0.2) is 12.7 Å². The first-order valence-corrected chi connectivity index (χ1v) is 10.2. The minimum Gasteiger partial charge on any atom is -0.350 e. The van der Waals surface area contributed by atoms with Crippen LogP contribution in [-0.2, 0) is 21.4 Å². The van der Waals surface area contributed by atoms with Crippen LogP contribution in [0, 0.1) is 13.8 Å². The SMILES string of the molecule is Cc1ccc(C(=O)NCC(=O)NCc2ccc(S(=O)(=O)N(C)C)cc2)cc1C. The molecule has 2 aromatic rings. The van der Waals surface area contributed by atoms with Gasteiger partial charge in [-0.3, -0.25) is 9.59 Å². The Kier molecular flexibility index (Phi) is 6.93. The van der Waals surface area contributed by atoms with E-state index in [1.807, 2.05) is 19.9 Å². The van der Waals surface area contributed by atoms with Crippen molar-refractivity contribution in [2.75, 3.05) is 20.6 Å². The number of nitrogens with one attached hydrogen (secondary N) is 2. The summed E-state index contributed by atoms with van der Waals surface area (Å²) in [6, 6.07) is 11.7. The fourth-order valence-electron chi connectivity index (χ4n) is 2.40. The predicted molar refractivity (Wildman–Crippen MR) is 107 cm³/mol. The lowest BCUT2D eigenvalue weighted by molar-refractivity contribution is -0.120. The number of hydrogen-bond donors (Lipinski definition) is 2. The molecule has 8 heteroatoms. The van der Waals surface area contributed by atoms with Crippen molar-refractivity contribution < 1.29 is 18.0 Å². The molecular weight excluding hydrogens is 378 g/mol. The first-order valence-electron chi connectivity index (χ1n) is 8.75. The zero-order valence-electron chi connectivity index (χ0n) is 16.4. The summed E-state index contributed by atoms with van der Waals surface area (Å²) in [6.07, 6.45) is 0. The molecule has 0 bridgehead atoms. The summed E-state index contributed by atoms with van der Waals surface area (Å²) >= 11 is 0. The molecule has 0 atom stereocenters. The van der Waals surface area contributed by atoms with Crippen molar-refractivity contribution in [2.45, 2.75) is 25.3 Å². The number of benzene rings is 2. The Balaban J connectivity index is 1.85. The topological polar surface area (TPSA) is 95.6 Å². The molecule has 0 heterocycles. The van der Waals surface area contributed by atoms with E-state index in [1.54, 1.807) is 24.3 Å². The van der Waals surface area contributed by atoms with Crippen molar-refractivity contribution in [3.05, 3.63) is 64.7 Å². The quantitative estimate of drug-likeness (QED) is 0.734. The standard InChI is InChI=1S/C20H25N3O4S/c1-14-5-8-17(11-15(14)2)20(25)22-13-19(24)21-12-16-6-9-18(10-7-16)28(26,27)23(3)4/h5-11H,12-13H2,1-4H3,(H,21,24)(H,22,25). The van der Waals surface area contributed by atoms with E-state index in [0.29, 0.717) is 5.56 Å². The van der Waals surface area contributed by atoms with E-state index in [-0.39, 0.29) is 29.8 Å². The molecular formula is C20H25N3O4S. The minimum absolute atomic E-state index is 0.140. The van der Waals surface area contributed by atoms with Gasteiger partial charge in [0, 0.05) is 26.2 Å². The van der Waals surface area contributed by atoms with Crippen molar-refractivity contribution in [3.8, 4) is 0 Å². The maximum atomic E-state index is 12.1. The van der Waals surface area contributed by atoms with Crippen LogP contribution in [0.2, 0.25) is 0 Å². The van der Waals surface area contributed by atoms with Crippen molar-refractivity contribution >= 4 is 21.8 Å². The molecule has 0 unspecified atom stereocenters. The molecule has 0 aromatic heterocycles. The van der Waals surface area contributed by atoms with E-state index >= 15 is 0 Å². The van der Waals surface area contributed by atoms with E-state index in [0.717, 1.165) is 21.0 Å². The van der Waals surface area contributed by atoms with Gasteiger partial charge in [-0.2, -0.15) is 0 Å². The van der Waals surface area contributed by atoms with Crippen molar-refractivity contribution in [1.82, 2.24) is 14.9 Å². The number of amides is 2. The smallest absolute Gasteiger partial charge is 0.251 e. The van der Waals surface area contributed by atoms with Gasteiger partial charge in [-0.1, -0.05) is 18.2 Å². The molecule has 0 aliphatic heterocycles. The van der Waals surface area contributed by atoms with Crippen LogP contribution in [0.5, 0.6) is 0 Å². The zero-order chi connectivity index (χ0) is 20.9. The predicted octanol–water partition coefficient (Wildman–Crippen LogP) is 1.60. The van der Waals surface area contributed by atoms with Crippen molar-refractivity contribution in [3.63, 3.8) is 0 Å². The van der Waals surface area contributed by atoms with Crippen LogP contribution in [0.3, 0.4) is 0 Å². The Bertz CT molecular complexity index is 967. The molecule has 0 aliphatic carbocycles. The average molecular weight is 404 g/mol. The highest BCUT2D eigenvalue weighted by Gasteiger charge is 2.16. The third-order valence-electron chi connectivity index (χ3n) is 4.37. The number of carbonyl (C=O) groups excluding carboxylic acids is 2. The molecule has 2 rings (SSSR count). The minimum atomic E-state index is -3.48. The molecule has 0 saturated carbocycles. The lowest BCUT2D eigenvalue weighted by Gasteiger charge is -2.12. The van der Waals surface area contributed by atoms with Gasteiger partial charge in [0.2, 0.25) is 15.9 Å². The van der Waals surface area contributed by atoms with E-state index in [4.69, 9.17) is 0 Å². The summed E-state index contributed by atoms with van der Waals surface area (Å²) in [7, 11) is -0.541. The van der Waals surface area contributed by atoms with E-state index in [1.165, 1.54) is 26.2 Å². The van der Waals surface area contributed by atoms with E-state index in [9.17, 15) is 18.0 Å². The van der Waals surface area contributed by atoms with Crippen LogP contribution in [-0.4, -0.2) is 45.2 Å². The molecule has 0 aliphatic rings. The molecule has 0 saturated heterocycles. The number of rotatable bonds is 7. The summed E-state index contributed by atoms with van der Waals surface area (Å²) in [5.74, 6) is -0.640. The third-order valence-corrected chi connectivity index (χ3v) is 6.20. The average Bonchev–Trinajstić information content (AvgIpc) is 2.66. The fraction of sp³-hybridized carbons (Fsp3) is 0.300. The van der Waals surface area contributed by atoms with Crippen LogP contribution in [0.15, 0.2) is 47.4 Å². The molecule has 0 spiro atoms. The Hall–Kier alpha value is -2.71. The summed E-state index contributed by atoms with van der Waals surface area (Å²) in [4.78, 5) is 24.3. The van der Waals surface area contributed by atoms with Crippen LogP contribution >= 0.6 is 0 Å². The number of sulfonamides is 1. The van der Waals surface area contributed by atoms with Crippen molar-refractivity contribution in [2.24, 2.45) is 0 Å². The van der Waals surface area contributed by atoms with Crippen LogP contribution in [0.25, 0.3) is 0 Å². The highest BCUT2D eigenvalue weighted by molar-refractivity contribution is 7.89. The molecule has 0 radical (unpaired) electrons. The Morgan fingerprint density at radius 3 is 2.14 bits per heavy atom. The summed E-state index contributed by atoms with van der Waals surface area (Å²) < 4.78 is 25.2. The first kappa shape index (κ1) is 21.6. The zero-order valence-corrected chi connectivity index (χ0v) is 17.3. The number of aryl methyl sites for hydroxylation is 2. The number of nitrogens with zero attached hydrogens (tertiary/aromatic N) is 1. The monoisotopic (exact) mass is 403 g/mol. The second kappa shape index (κ2) is 8.99. The summed E-state index contributed by atoms with van der Waals surface area (Å²) in [5.41, 5.74) is 3.37. The van der Waals surface area contributed by atoms with Gasteiger partial charge in [-0.15, -0.1) is 0 Å². The molecule has 2 amide bonds. The Labute approximate surface area is 165 Å². The van der Waals surface area contributed by atoms with Gasteiger partial charge >= 0.3 is 0 Å². The maximum Gasteiger partial charge on any atom is 0.251 e. The summed E-state index contributed by atoms with van der Waals surface area (Å²) in [5, 5.41) is 5.28. The van der Waals surface area contributed by atoms with Crippen LogP contribution < -0.4 is 10.6 Å². The maximum absolute atomic E-state index is 12.1. The second-order valence-electron chi connectivity index (χ2n) is 6.69. The van der Waals surface area contributed by atoms with Crippen LogP contribution in [0.4, 0.5) is 0 Å². The molecule has 28 heavy (non-hydrogen) atoms. The van der Waals surface area contributed by atoms with Gasteiger partial charge in [0.25, 0.3) is 5.91 Å². The molecule has 0 fully saturated rings. The largest absolute Gasteiger partial charge is 0.350 e. The first-order chi connectivity index (χ1) is 13.1. The lowest BCUT2D eigenvalue weighted by Crippen LogP contribution is -2.36. The van der Waals surface area contributed by atoms with Gasteiger partial charge < -0.3 is 10.6 Å². The molecule has 2 aromatic carbocycles. The van der Waals surface area contributed by atoms with Gasteiger partial charge in [0.15, 0.2) is 0 Å². The highest BCUT2D eigenvalue weighted by atomic mass is 32.2. The Morgan fingerprint density at radius 2 is 1.57 bits per heavy atom. The highest BCUT2D eigenvalue weighted by Crippen LogP contribution is 2.14. The van der Waals surface area contributed by atoms with Gasteiger partial charge in [0.1, 0.15) is 0 Å². The molecule has 2 N–H and O–H groups in total. The van der Waals surface area contributed by atoms with E-state index < -0.39 is 10.0 Å². The van der Waals surface area contributed by atoms with Crippen molar-refractivity contribution in [1.29, 1.82) is 0 Å². The number of hydrogen-bond acceptors (Lipinski definition) is 4. The Morgan fingerprint density at radius 1 is 0.929 bits per heavy atom. The third kappa shape index (κ3) is 5.40. The molecule has 150 valence electrons. The molecule has 7 nitrogen and oxygen atoms in total. The van der Waals surface area contributed by atoms with E-state index in [2.05, 4.69) is 10.6 Å². The fourth-order valence-corrected chi connectivity index (χ4v) is 3.30. The van der Waals surface area contributed by atoms with Gasteiger partial charge in [-0.05, 0) is 54.8 Å².